The summed E-state index contributed by atoms with van der Waals surface area (Å²) >= 11 is 0. The molecule has 31 heavy (non-hydrogen) atoms. The molecular weight excluding hydrogens is 405 g/mol. The number of nitro groups is 1. The molecule has 0 aliphatic carbocycles. The van der Waals surface area contributed by atoms with Gasteiger partial charge in [-0.05, 0) is 49.7 Å². The number of amides is 2. The number of benzene rings is 2. The van der Waals surface area contributed by atoms with Gasteiger partial charge in [-0.3, -0.25) is 24.4 Å². The molecular formula is C21H20FN5O4. The maximum Gasteiger partial charge on any atom is 0.312 e. The van der Waals surface area contributed by atoms with Crippen molar-refractivity contribution in [1.82, 2.24) is 9.78 Å². The van der Waals surface area contributed by atoms with E-state index in [1.54, 1.807) is 42.8 Å². The Kier molecular flexibility index (Phi) is 6.10. The summed E-state index contributed by atoms with van der Waals surface area (Å²) in [5.41, 5.74) is 2.27. The second kappa shape index (κ2) is 8.74. The van der Waals surface area contributed by atoms with Crippen LogP contribution in [0.25, 0.3) is 0 Å². The number of nitrogens with zero attached hydrogens (tertiary/aromatic N) is 3. The van der Waals surface area contributed by atoms with Crippen molar-refractivity contribution in [3.63, 3.8) is 0 Å². The summed E-state index contributed by atoms with van der Waals surface area (Å²) in [6.07, 6.45) is 0. The summed E-state index contributed by atoms with van der Waals surface area (Å²) in [6.45, 7) is 4.80. The Labute approximate surface area is 177 Å². The zero-order valence-corrected chi connectivity index (χ0v) is 17.1. The van der Waals surface area contributed by atoms with Crippen molar-refractivity contribution in [2.75, 3.05) is 10.6 Å². The SMILES string of the molecule is CC(=O)Nc1cc(NC(=O)c2ccc(Cn3nc(C)c([N+](=O)[O-])c3C)cc2)ccc1F. The average molecular weight is 425 g/mol. The van der Waals surface area contributed by atoms with Crippen molar-refractivity contribution >= 4 is 28.9 Å². The maximum atomic E-state index is 13.7. The molecule has 0 bridgehead atoms. The molecule has 0 spiro atoms. The van der Waals surface area contributed by atoms with Gasteiger partial charge in [-0.25, -0.2) is 4.39 Å². The Hall–Kier alpha value is -4.08. The molecule has 0 unspecified atom stereocenters. The number of nitrogens with one attached hydrogen (secondary N) is 2. The van der Waals surface area contributed by atoms with E-state index in [9.17, 15) is 24.1 Å². The van der Waals surface area contributed by atoms with Crippen LogP contribution in [-0.2, 0) is 11.3 Å². The molecule has 3 aromatic rings. The van der Waals surface area contributed by atoms with Gasteiger partial charge in [0.2, 0.25) is 5.91 Å². The number of aromatic nitrogens is 2. The average Bonchev–Trinajstić information content (AvgIpc) is 2.97. The summed E-state index contributed by atoms with van der Waals surface area (Å²) in [7, 11) is 0. The first-order valence-corrected chi connectivity index (χ1v) is 9.31. The largest absolute Gasteiger partial charge is 0.324 e. The number of halogens is 1. The number of hydrogen-bond acceptors (Lipinski definition) is 5. The van der Waals surface area contributed by atoms with Crippen LogP contribution in [0.2, 0.25) is 0 Å². The van der Waals surface area contributed by atoms with Crippen LogP contribution in [0.1, 0.15) is 34.2 Å². The molecule has 0 atom stereocenters. The van der Waals surface area contributed by atoms with Crippen molar-refractivity contribution in [1.29, 1.82) is 0 Å². The minimum Gasteiger partial charge on any atom is -0.324 e. The van der Waals surface area contributed by atoms with Crippen LogP contribution in [0.3, 0.4) is 0 Å². The molecule has 3 rings (SSSR count). The van der Waals surface area contributed by atoms with Gasteiger partial charge in [0, 0.05) is 18.2 Å². The van der Waals surface area contributed by atoms with E-state index < -0.39 is 22.6 Å². The molecule has 0 aliphatic rings. The molecule has 2 N–H and O–H groups in total. The zero-order chi connectivity index (χ0) is 22.7. The molecule has 1 heterocycles. The lowest BCUT2D eigenvalue weighted by Gasteiger charge is -2.10. The third kappa shape index (κ3) is 4.92. The van der Waals surface area contributed by atoms with E-state index in [-0.39, 0.29) is 11.4 Å². The molecule has 9 nitrogen and oxygen atoms in total. The predicted molar refractivity (Wildman–Crippen MR) is 113 cm³/mol. The second-order valence-corrected chi connectivity index (χ2v) is 6.96. The number of carbonyl (C=O) groups excluding carboxylic acids is 2. The smallest absolute Gasteiger partial charge is 0.312 e. The van der Waals surface area contributed by atoms with E-state index in [0.717, 1.165) is 11.6 Å². The Morgan fingerprint density at radius 2 is 1.81 bits per heavy atom. The van der Waals surface area contributed by atoms with Crippen LogP contribution in [-0.4, -0.2) is 26.5 Å². The minimum absolute atomic E-state index is 0.00562. The highest BCUT2D eigenvalue weighted by atomic mass is 19.1. The van der Waals surface area contributed by atoms with Crippen molar-refractivity contribution in [2.45, 2.75) is 27.3 Å². The lowest BCUT2D eigenvalue weighted by Crippen LogP contribution is -2.13. The van der Waals surface area contributed by atoms with Gasteiger partial charge in [0.1, 0.15) is 17.2 Å². The molecule has 2 aromatic carbocycles. The highest BCUT2D eigenvalue weighted by Gasteiger charge is 2.21. The predicted octanol–water partition coefficient (Wildman–Crippen LogP) is 3.81. The first-order valence-electron chi connectivity index (χ1n) is 9.31. The van der Waals surface area contributed by atoms with Gasteiger partial charge in [-0.15, -0.1) is 0 Å². The quantitative estimate of drug-likeness (QED) is 0.460. The van der Waals surface area contributed by atoms with Crippen molar-refractivity contribution < 1.29 is 18.9 Å². The lowest BCUT2D eigenvalue weighted by atomic mass is 10.1. The summed E-state index contributed by atoms with van der Waals surface area (Å²) in [5.74, 6) is -1.44. The van der Waals surface area contributed by atoms with Gasteiger partial charge in [0.25, 0.3) is 5.91 Å². The molecule has 0 fully saturated rings. The van der Waals surface area contributed by atoms with Crippen LogP contribution in [0.5, 0.6) is 0 Å². The third-order valence-electron chi connectivity index (χ3n) is 4.61. The number of aryl methyl sites for hydroxylation is 1. The molecule has 0 saturated carbocycles. The van der Waals surface area contributed by atoms with Gasteiger partial charge in [0.05, 0.1) is 17.2 Å². The van der Waals surface area contributed by atoms with Crippen LogP contribution in [0.4, 0.5) is 21.5 Å². The molecule has 2 amide bonds. The van der Waals surface area contributed by atoms with Gasteiger partial charge in [-0.1, -0.05) is 12.1 Å². The van der Waals surface area contributed by atoms with Crippen molar-refractivity contribution in [2.24, 2.45) is 0 Å². The second-order valence-electron chi connectivity index (χ2n) is 6.96. The number of rotatable bonds is 6. The normalized spacial score (nSPS) is 10.6. The van der Waals surface area contributed by atoms with Gasteiger partial charge < -0.3 is 10.6 Å². The molecule has 160 valence electrons. The fraction of sp³-hybridized carbons (Fsp3) is 0.190. The Morgan fingerprint density at radius 3 is 2.39 bits per heavy atom. The topological polar surface area (TPSA) is 119 Å². The van der Waals surface area contributed by atoms with E-state index in [1.165, 1.54) is 19.1 Å². The van der Waals surface area contributed by atoms with Crippen molar-refractivity contribution in [3.05, 3.63) is 80.9 Å². The van der Waals surface area contributed by atoms with E-state index in [2.05, 4.69) is 15.7 Å². The zero-order valence-electron chi connectivity index (χ0n) is 17.1. The fourth-order valence-electron chi connectivity index (χ4n) is 3.13. The highest BCUT2D eigenvalue weighted by Crippen LogP contribution is 2.23. The molecule has 0 saturated heterocycles. The van der Waals surface area contributed by atoms with Crippen LogP contribution in [0, 0.1) is 29.8 Å². The first kappa shape index (κ1) is 21.6. The monoisotopic (exact) mass is 425 g/mol. The van der Waals surface area contributed by atoms with E-state index in [4.69, 9.17) is 0 Å². The fourth-order valence-corrected chi connectivity index (χ4v) is 3.13. The van der Waals surface area contributed by atoms with Gasteiger partial charge in [-0.2, -0.15) is 5.10 Å². The Balaban J connectivity index is 1.72. The standard InChI is InChI=1S/C21H20FN5O4/c1-12-20(27(30)31)13(2)26(25-12)11-15-4-6-16(7-5-15)21(29)24-17-8-9-18(22)19(10-17)23-14(3)28/h4-10H,11H2,1-3H3,(H,23,28)(H,24,29). The number of anilines is 2. The highest BCUT2D eigenvalue weighted by molar-refractivity contribution is 6.04. The van der Waals surface area contributed by atoms with Gasteiger partial charge in [0.15, 0.2) is 0 Å². The molecule has 0 radical (unpaired) electrons. The third-order valence-corrected chi connectivity index (χ3v) is 4.61. The molecule has 1 aromatic heterocycles. The maximum absolute atomic E-state index is 13.7. The van der Waals surface area contributed by atoms with Gasteiger partial charge >= 0.3 is 5.69 Å². The molecule has 0 aliphatic heterocycles. The summed E-state index contributed by atoms with van der Waals surface area (Å²) in [6, 6.07) is 10.6. The lowest BCUT2D eigenvalue weighted by molar-refractivity contribution is -0.386. The Morgan fingerprint density at radius 1 is 1.13 bits per heavy atom. The number of hydrogen-bond donors (Lipinski definition) is 2. The first-order chi connectivity index (χ1) is 14.7. The van der Waals surface area contributed by atoms with Crippen LogP contribution >= 0.6 is 0 Å². The minimum atomic E-state index is -0.609. The van der Waals surface area contributed by atoms with Crippen LogP contribution in [0.15, 0.2) is 42.5 Å². The van der Waals surface area contributed by atoms with E-state index >= 15 is 0 Å². The summed E-state index contributed by atoms with van der Waals surface area (Å²) in [5, 5.41) is 20.4. The summed E-state index contributed by atoms with van der Waals surface area (Å²) < 4.78 is 15.3. The van der Waals surface area contributed by atoms with E-state index in [0.29, 0.717) is 29.2 Å². The van der Waals surface area contributed by atoms with E-state index in [1.807, 2.05) is 0 Å². The van der Waals surface area contributed by atoms with Crippen LogP contribution < -0.4 is 10.6 Å². The molecule has 10 heteroatoms. The Bertz CT molecular complexity index is 1170. The van der Waals surface area contributed by atoms with Crippen molar-refractivity contribution in [3.8, 4) is 0 Å². The summed E-state index contributed by atoms with van der Waals surface area (Å²) in [4.78, 5) is 34.3. The number of carbonyl (C=O) groups is 2.